The minimum absolute atomic E-state index is 0.0893. The number of fused-ring (bicyclic) bond motifs is 2. The number of rotatable bonds is 0. The molecule has 3 aliphatic rings. The molecule has 2 heterocycles. The summed E-state index contributed by atoms with van der Waals surface area (Å²) in [6.07, 6.45) is 4.36. The molecule has 1 aromatic rings. The monoisotopic (exact) mass is 266 g/mol. The average Bonchev–Trinajstić information content (AvgIpc) is 3.05. The first-order valence-electron chi connectivity index (χ1n) is 6.32. The summed E-state index contributed by atoms with van der Waals surface area (Å²) in [5, 5.41) is 6.79. The quantitative estimate of drug-likeness (QED) is 0.725. The topological polar surface area (TPSA) is 67.8 Å². The number of allylic oxidation sites excluding steroid dienone is 2. The van der Waals surface area contributed by atoms with E-state index < -0.39 is 6.10 Å². The molecule has 0 amide bonds. The van der Waals surface area contributed by atoms with E-state index in [1.807, 2.05) is 12.1 Å². The van der Waals surface area contributed by atoms with Gasteiger partial charge in [-0.25, -0.2) is 0 Å². The van der Waals surface area contributed by atoms with Gasteiger partial charge in [-0.15, -0.1) is 0 Å². The molecule has 4 rings (SSSR count). The van der Waals surface area contributed by atoms with Gasteiger partial charge in [0.1, 0.15) is 0 Å². The van der Waals surface area contributed by atoms with Crippen LogP contribution in [-0.2, 0) is 9.63 Å². The van der Waals surface area contributed by atoms with Gasteiger partial charge in [0.2, 0.25) is 5.78 Å². The van der Waals surface area contributed by atoms with E-state index in [-0.39, 0.29) is 17.5 Å². The van der Waals surface area contributed by atoms with E-state index in [1.165, 1.54) is 6.08 Å². The van der Waals surface area contributed by atoms with Gasteiger partial charge in [0.25, 0.3) is 0 Å². The van der Waals surface area contributed by atoms with Gasteiger partial charge in [0.05, 0.1) is 23.4 Å². The molecule has 2 unspecified atom stereocenters. The number of hydrogen-bond donors (Lipinski definition) is 1. The third-order valence-electron chi connectivity index (χ3n) is 3.70. The molecule has 0 spiro atoms. The van der Waals surface area contributed by atoms with Crippen molar-refractivity contribution in [2.45, 2.75) is 6.10 Å². The first-order valence-corrected chi connectivity index (χ1v) is 6.32. The third kappa shape index (κ3) is 1.40. The first-order chi connectivity index (χ1) is 9.75. The van der Waals surface area contributed by atoms with Crippen molar-refractivity contribution in [1.82, 2.24) is 0 Å². The average molecular weight is 266 g/mol. The van der Waals surface area contributed by atoms with Crippen molar-refractivity contribution in [3.8, 4) is 0 Å². The molecule has 1 aromatic carbocycles. The number of ketones is 2. The number of oxime groups is 1. The number of anilines is 1. The number of nitrogens with zero attached hydrogens (tertiary/aromatic N) is 1. The smallest absolute Gasteiger partial charge is 0.211 e. The highest BCUT2D eigenvalue weighted by molar-refractivity contribution is 6.23. The zero-order valence-electron chi connectivity index (χ0n) is 10.4. The summed E-state index contributed by atoms with van der Waals surface area (Å²) in [6.45, 7) is 0. The van der Waals surface area contributed by atoms with Crippen molar-refractivity contribution in [1.29, 1.82) is 0 Å². The van der Waals surface area contributed by atoms with Crippen LogP contribution < -0.4 is 5.32 Å². The van der Waals surface area contributed by atoms with Gasteiger partial charge in [-0.2, -0.15) is 0 Å². The standard InChI is InChI=1S/C15H10N2O3/c18-11-6-5-8-7-16-20-15(8)12(11)13-14(19)9-3-1-2-4-10(9)17-13/h1-8,15,17H. The molecule has 5 nitrogen and oxygen atoms in total. The van der Waals surface area contributed by atoms with E-state index in [4.69, 9.17) is 4.84 Å². The molecule has 0 radical (unpaired) electrons. The molecule has 1 aliphatic carbocycles. The molecular formula is C15H10N2O3. The summed E-state index contributed by atoms with van der Waals surface area (Å²) < 4.78 is 0. The SMILES string of the molecule is O=C1C=CC2C=NOC2C1=C1Nc2ccccc2C1=O. The summed E-state index contributed by atoms with van der Waals surface area (Å²) in [6, 6.07) is 7.19. The Bertz CT molecular complexity index is 730. The Labute approximate surface area is 114 Å². The van der Waals surface area contributed by atoms with Crippen LogP contribution in [0, 0.1) is 5.92 Å². The maximum atomic E-state index is 12.4. The fourth-order valence-electron chi connectivity index (χ4n) is 2.72. The third-order valence-corrected chi connectivity index (χ3v) is 3.70. The predicted molar refractivity (Wildman–Crippen MR) is 72.4 cm³/mol. The Hall–Kier alpha value is -2.69. The molecule has 0 saturated heterocycles. The van der Waals surface area contributed by atoms with Crippen LogP contribution in [0.15, 0.2) is 52.8 Å². The van der Waals surface area contributed by atoms with Crippen LogP contribution in [0.4, 0.5) is 5.69 Å². The van der Waals surface area contributed by atoms with Gasteiger partial charge in [0, 0.05) is 11.3 Å². The second-order valence-electron chi connectivity index (χ2n) is 4.87. The lowest BCUT2D eigenvalue weighted by Crippen LogP contribution is -2.31. The second kappa shape index (κ2) is 3.90. The number of para-hydroxylation sites is 1. The van der Waals surface area contributed by atoms with Crippen molar-refractivity contribution < 1.29 is 14.4 Å². The molecule has 0 aromatic heterocycles. The van der Waals surface area contributed by atoms with E-state index in [2.05, 4.69) is 10.5 Å². The number of hydrogen-bond acceptors (Lipinski definition) is 5. The fourth-order valence-corrected chi connectivity index (χ4v) is 2.72. The number of Topliss-reactive ketones (excluding diaryl/α,β-unsaturated/α-hetero) is 1. The minimum Gasteiger partial charge on any atom is -0.387 e. The van der Waals surface area contributed by atoms with Gasteiger partial charge in [-0.1, -0.05) is 23.4 Å². The number of carbonyl (C=O) groups is 2. The van der Waals surface area contributed by atoms with Gasteiger partial charge >= 0.3 is 0 Å². The zero-order valence-corrected chi connectivity index (χ0v) is 10.4. The summed E-state index contributed by atoms with van der Waals surface area (Å²) in [5.74, 6) is -0.470. The molecule has 0 bridgehead atoms. The molecule has 5 heteroatoms. The van der Waals surface area contributed by atoms with Gasteiger partial charge in [-0.05, 0) is 18.2 Å². The predicted octanol–water partition coefficient (Wildman–Crippen LogP) is 1.69. The lowest BCUT2D eigenvalue weighted by Gasteiger charge is -2.21. The van der Waals surface area contributed by atoms with Crippen LogP contribution in [0.1, 0.15) is 10.4 Å². The normalized spacial score (nSPS) is 30.0. The largest absolute Gasteiger partial charge is 0.387 e. The number of benzene rings is 1. The lowest BCUT2D eigenvalue weighted by atomic mass is 9.86. The fraction of sp³-hybridized carbons (Fsp3) is 0.133. The van der Waals surface area contributed by atoms with Crippen LogP contribution in [-0.4, -0.2) is 23.9 Å². The van der Waals surface area contributed by atoms with Crippen LogP contribution in [0.3, 0.4) is 0 Å². The molecule has 2 atom stereocenters. The molecule has 0 saturated carbocycles. The second-order valence-corrected chi connectivity index (χ2v) is 4.87. The maximum Gasteiger partial charge on any atom is 0.211 e. The molecule has 2 aliphatic heterocycles. The lowest BCUT2D eigenvalue weighted by molar-refractivity contribution is -0.113. The molecule has 1 N–H and O–H groups in total. The van der Waals surface area contributed by atoms with Gasteiger partial charge in [-0.3, -0.25) is 9.59 Å². The first kappa shape index (κ1) is 11.2. The Morgan fingerprint density at radius 3 is 2.90 bits per heavy atom. The molecule has 0 fully saturated rings. The summed E-state index contributed by atoms with van der Waals surface area (Å²) in [4.78, 5) is 29.8. The van der Waals surface area contributed by atoms with Crippen LogP contribution in [0.2, 0.25) is 0 Å². The Kier molecular flexibility index (Phi) is 2.18. The van der Waals surface area contributed by atoms with Crippen molar-refractivity contribution in [2.75, 3.05) is 5.32 Å². The highest BCUT2D eigenvalue weighted by Gasteiger charge is 2.40. The summed E-state index contributed by atoms with van der Waals surface area (Å²) in [7, 11) is 0. The van der Waals surface area contributed by atoms with E-state index in [9.17, 15) is 9.59 Å². The zero-order chi connectivity index (χ0) is 13.7. The van der Waals surface area contributed by atoms with Crippen LogP contribution >= 0.6 is 0 Å². The molecule has 98 valence electrons. The van der Waals surface area contributed by atoms with Crippen molar-refractivity contribution in [2.24, 2.45) is 11.1 Å². The van der Waals surface area contributed by atoms with E-state index in [1.54, 1.807) is 24.4 Å². The van der Waals surface area contributed by atoms with E-state index >= 15 is 0 Å². The number of carbonyl (C=O) groups excluding carboxylic acids is 2. The van der Waals surface area contributed by atoms with Gasteiger partial charge in [0.15, 0.2) is 11.9 Å². The van der Waals surface area contributed by atoms with Crippen LogP contribution in [0.5, 0.6) is 0 Å². The van der Waals surface area contributed by atoms with Crippen LogP contribution in [0.25, 0.3) is 0 Å². The highest BCUT2D eigenvalue weighted by atomic mass is 16.6. The van der Waals surface area contributed by atoms with Crippen molar-refractivity contribution in [3.05, 3.63) is 53.3 Å². The van der Waals surface area contributed by atoms with Crippen molar-refractivity contribution in [3.63, 3.8) is 0 Å². The molecule has 20 heavy (non-hydrogen) atoms. The van der Waals surface area contributed by atoms with Crippen molar-refractivity contribution >= 4 is 23.5 Å². The Morgan fingerprint density at radius 2 is 2.05 bits per heavy atom. The van der Waals surface area contributed by atoms with E-state index in [0.29, 0.717) is 16.8 Å². The maximum absolute atomic E-state index is 12.4. The van der Waals surface area contributed by atoms with E-state index in [0.717, 1.165) is 5.69 Å². The summed E-state index contributed by atoms with van der Waals surface area (Å²) in [5.41, 5.74) is 1.96. The summed E-state index contributed by atoms with van der Waals surface area (Å²) >= 11 is 0. The number of nitrogens with one attached hydrogen (secondary N) is 1. The minimum atomic E-state index is -0.506. The Balaban J connectivity index is 1.86. The Morgan fingerprint density at radius 1 is 1.20 bits per heavy atom. The highest BCUT2D eigenvalue weighted by Crippen LogP contribution is 2.35. The molecular weight excluding hydrogens is 256 g/mol. The van der Waals surface area contributed by atoms with Gasteiger partial charge < -0.3 is 10.2 Å².